The average molecular weight is 216 g/mol. The van der Waals surface area contributed by atoms with Crippen molar-refractivity contribution in [3.8, 4) is 11.3 Å². The van der Waals surface area contributed by atoms with Crippen LogP contribution in [0.25, 0.3) is 22.4 Å². The number of nitrogens with one attached hydrogen (secondary N) is 2. The van der Waals surface area contributed by atoms with Crippen molar-refractivity contribution in [2.45, 2.75) is 0 Å². The van der Waals surface area contributed by atoms with Crippen molar-refractivity contribution in [1.82, 2.24) is 15.1 Å². The van der Waals surface area contributed by atoms with Crippen molar-refractivity contribution < 1.29 is 4.52 Å². The van der Waals surface area contributed by atoms with Crippen molar-refractivity contribution in [1.29, 1.82) is 0 Å². The molecule has 6 heteroatoms. The second kappa shape index (κ2) is 2.99. The van der Waals surface area contributed by atoms with Gasteiger partial charge in [0, 0.05) is 11.6 Å². The third kappa shape index (κ3) is 1.20. The lowest BCUT2D eigenvalue weighted by Gasteiger charge is -1.96. The van der Waals surface area contributed by atoms with Gasteiger partial charge in [0.15, 0.2) is 11.6 Å². The van der Waals surface area contributed by atoms with Crippen LogP contribution in [-0.4, -0.2) is 15.1 Å². The molecule has 16 heavy (non-hydrogen) atoms. The number of aromatic amines is 2. The summed E-state index contributed by atoms with van der Waals surface area (Å²) in [5.41, 5.74) is 7.38. The zero-order valence-electron chi connectivity index (χ0n) is 8.15. The fourth-order valence-corrected chi connectivity index (χ4v) is 1.68. The molecule has 0 fully saturated rings. The second-order valence-corrected chi connectivity index (χ2v) is 3.42. The maximum atomic E-state index is 11.2. The molecule has 0 spiro atoms. The van der Waals surface area contributed by atoms with Crippen LogP contribution in [0.4, 0.5) is 5.82 Å². The monoisotopic (exact) mass is 216 g/mol. The van der Waals surface area contributed by atoms with Crippen LogP contribution in [0.5, 0.6) is 0 Å². The van der Waals surface area contributed by atoms with Gasteiger partial charge in [-0.25, -0.2) is 4.79 Å². The largest absolute Gasteiger partial charge is 0.381 e. The number of nitrogens with zero attached hydrogens (tertiary/aromatic N) is 1. The molecule has 0 bridgehead atoms. The number of aromatic nitrogens is 3. The van der Waals surface area contributed by atoms with Gasteiger partial charge in [0.05, 0.1) is 11.0 Å². The summed E-state index contributed by atoms with van der Waals surface area (Å²) < 4.78 is 5.06. The number of imidazole rings is 1. The minimum absolute atomic E-state index is 0.255. The second-order valence-electron chi connectivity index (χ2n) is 3.42. The van der Waals surface area contributed by atoms with E-state index in [0.717, 1.165) is 11.1 Å². The molecule has 0 aliphatic carbocycles. The van der Waals surface area contributed by atoms with Gasteiger partial charge in [-0.15, -0.1) is 0 Å². The van der Waals surface area contributed by atoms with Gasteiger partial charge in [0.2, 0.25) is 0 Å². The molecule has 2 heterocycles. The normalized spacial score (nSPS) is 11.0. The number of hydrogen-bond donors (Lipinski definition) is 3. The molecule has 0 aliphatic heterocycles. The fourth-order valence-electron chi connectivity index (χ4n) is 1.68. The fraction of sp³-hybridized carbons (Fsp3) is 0. The van der Waals surface area contributed by atoms with Crippen molar-refractivity contribution >= 4 is 16.9 Å². The molecule has 6 nitrogen and oxygen atoms in total. The third-order valence-corrected chi connectivity index (χ3v) is 2.35. The molecule has 3 aromatic rings. The molecule has 0 unspecified atom stereocenters. The first-order chi connectivity index (χ1) is 7.74. The van der Waals surface area contributed by atoms with Gasteiger partial charge >= 0.3 is 5.69 Å². The van der Waals surface area contributed by atoms with E-state index in [1.54, 1.807) is 12.1 Å². The summed E-state index contributed by atoms with van der Waals surface area (Å²) in [6, 6.07) is 7.06. The SMILES string of the molecule is Nc1cc(-c2cccc3[nH]c(=O)[nH]c23)on1. The number of anilines is 1. The van der Waals surface area contributed by atoms with Crippen LogP contribution >= 0.6 is 0 Å². The smallest absolute Gasteiger partial charge is 0.323 e. The Balaban J connectivity index is 2.34. The molecule has 80 valence electrons. The van der Waals surface area contributed by atoms with Gasteiger partial charge in [-0.05, 0) is 12.1 Å². The Hall–Kier alpha value is -2.50. The Morgan fingerprint density at radius 3 is 2.94 bits per heavy atom. The molecule has 0 amide bonds. The van der Waals surface area contributed by atoms with Gasteiger partial charge < -0.3 is 20.2 Å². The number of fused-ring (bicyclic) bond motifs is 1. The standard InChI is InChI=1S/C10H8N4O2/c11-8-4-7(16-14-8)5-2-1-3-6-9(5)13-10(15)12-6/h1-4H,(H2,11,14)(H2,12,13,15). The summed E-state index contributed by atoms with van der Waals surface area (Å²) >= 11 is 0. The summed E-state index contributed by atoms with van der Waals surface area (Å²) in [7, 11) is 0. The van der Waals surface area contributed by atoms with E-state index in [-0.39, 0.29) is 5.69 Å². The molecule has 2 aromatic heterocycles. The van der Waals surface area contributed by atoms with Crippen molar-refractivity contribution in [2.24, 2.45) is 0 Å². The van der Waals surface area contributed by atoms with Gasteiger partial charge in [-0.3, -0.25) is 0 Å². The highest BCUT2D eigenvalue weighted by Gasteiger charge is 2.10. The van der Waals surface area contributed by atoms with Gasteiger partial charge in [0.25, 0.3) is 0 Å². The molecule has 0 atom stereocenters. The number of nitrogens with two attached hydrogens (primary N) is 1. The summed E-state index contributed by atoms with van der Waals surface area (Å²) in [6.07, 6.45) is 0. The predicted octanol–water partition coefficient (Wildman–Crippen LogP) is 1.09. The molecular weight excluding hydrogens is 208 g/mol. The van der Waals surface area contributed by atoms with E-state index < -0.39 is 0 Å². The number of para-hydroxylation sites is 1. The molecular formula is C10H8N4O2. The Morgan fingerprint density at radius 1 is 1.31 bits per heavy atom. The van der Waals surface area contributed by atoms with Crippen LogP contribution in [0.1, 0.15) is 0 Å². The summed E-state index contributed by atoms with van der Waals surface area (Å²) in [6.45, 7) is 0. The van der Waals surface area contributed by atoms with Crippen LogP contribution < -0.4 is 11.4 Å². The molecule has 3 rings (SSSR count). The number of nitrogen functional groups attached to an aromatic ring is 1. The van der Waals surface area contributed by atoms with Crippen LogP contribution in [-0.2, 0) is 0 Å². The zero-order valence-corrected chi connectivity index (χ0v) is 8.15. The number of rotatable bonds is 1. The Bertz CT molecular complexity index is 707. The van der Waals surface area contributed by atoms with Crippen molar-refractivity contribution in [3.05, 3.63) is 34.7 Å². The first kappa shape index (κ1) is 8.78. The van der Waals surface area contributed by atoms with Gasteiger partial charge in [-0.1, -0.05) is 11.2 Å². The molecule has 1 aromatic carbocycles. The van der Waals surface area contributed by atoms with E-state index in [0.29, 0.717) is 17.1 Å². The minimum Gasteiger partial charge on any atom is -0.381 e. The van der Waals surface area contributed by atoms with E-state index in [2.05, 4.69) is 15.1 Å². The van der Waals surface area contributed by atoms with Gasteiger partial charge in [0.1, 0.15) is 0 Å². The lowest BCUT2D eigenvalue weighted by molar-refractivity contribution is 0.436. The molecule has 0 saturated heterocycles. The Kier molecular flexibility index (Phi) is 1.64. The predicted molar refractivity (Wildman–Crippen MR) is 58.8 cm³/mol. The first-order valence-electron chi connectivity index (χ1n) is 4.67. The van der Waals surface area contributed by atoms with Crippen LogP contribution in [0, 0.1) is 0 Å². The quantitative estimate of drug-likeness (QED) is 0.566. The van der Waals surface area contributed by atoms with E-state index in [1.807, 2.05) is 12.1 Å². The summed E-state index contributed by atoms with van der Waals surface area (Å²) in [4.78, 5) is 16.6. The molecule has 0 saturated carbocycles. The first-order valence-corrected chi connectivity index (χ1v) is 4.67. The number of benzene rings is 1. The minimum atomic E-state index is -0.255. The summed E-state index contributed by atoms with van der Waals surface area (Å²) in [5.74, 6) is 0.836. The lowest BCUT2D eigenvalue weighted by Crippen LogP contribution is -1.99. The highest BCUT2D eigenvalue weighted by Crippen LogP contribution is 2.26. The van der Waals surface area contributed by atoms with Crippen molar-refractivity contribution in [3.63, 3.8) is 0 Å². The molecule has 4 N–H and O–H groups in total. The zero-order chi connectivity index (χ0) is 11.1. The highest BCUT2D eigenvalue weighted by atomic mass is 16.5. The van der Waals surface area contributed by atoms with Crippen LogP contribution in [0.15, 0.2) is 33.6 Å². The summed E-state index contributed by atoms with van der Waals surface area (Å²) in [5, 5.41) is 3.61. The maximum Gasteiger partial charge on any atom is 0.323 e. The maximum absolute atomic E-state index is 11.2. The lowest BCUT2D eigenvalue weighted by atomic mass is 10.1. The third-order valence-electron chi connectivity index (χ3n) is 2.35. The number of H-pyrrole nitrogens is 2. The number of hydrogen-bond acceptors (Lipinski definition) is 4. The van der Waals surface area contributed by atoms with E-state index in [4.69, 9.17) is 10.3 Å². The van der Waals surface area contributed by atoms with E-state index >= 15 is 0 Å². The van der Waals surface area contributed by atoms with E-state index in [9.17, 15) is 4.79 Å². The Morgan fingerprint density at radius 2 is 2.19 bits per heavy atom. The Labute approximate surface area is 89.1 Å². The van der Waals surface area contributed by atoms with Crippen LogP contribution in [0.2, 0.25) is 0 Å². The van der Waals surface area contributed by atoms with E-state index in [1.165, 1.54) is 0 Å². The highest BCUT2D eigenvalue weighted by molar-refractivity contribution is 5.90. The molecule has 0 radical (unpaired) electrons. The molecule has 0 aliphatic rings. The van der Waals surface area contributed by atoms with Crippen LogP contribution in [0.3, 0.4) is 0 Å². The van der Waals surface area contributed by atoms with Crippen molar-refractivity contribution in [2.75, 3.05) is 5.73 Å². The topological polar surface area (TPSA) is 101 Å². The van der Waals surface area contributed by atoms with Gasteiger partial charge in [-0.2, -0.15) is 0 Å². The average Bonchev–Trinajstić information content (AvgIpc) is 2.82.